The molecule has 3 rings (SSSR count). The summed E-state index contributed by atoms with van der Waals surface area (Å²) in [6, 6.07) is 8.41. The van der Waals surface area contributed by atoms with Crippen LogP contribution < -0.4 is 5.73 Å². The van der Waals surface area contributed by atoms with Gasteiger partial charge in [-0.25, -0.2) is 9.67 Å². The number of aromatic nitrogens is 4. The lowest BCUT2D eigenvalue weighted by Gasteiger charge is -2.08. The molecule has 2 heterocycles. The molecule has 1 aromatic carbocycles. The van der Waals surface area contributed by atoms with Crippen LogP contribution in [0, 0.1) is 6.92 Å². The fourth-order valence-corrected chi connectivity index (χ4v) is 2.54. The zero-order chi connectivity index (χ0) is 14.3. The number of benzene rings is 1. The predicted octanol–water partition coefficient (Wildman–Crippen LogP) is 2.69. The fraction of sp³-hybridized carbons (Fsp3) is 0.333. The summed E-state index contributed by atoms with van der Waals surface area (Å²) in [4.78, 5) is 4.46. The molecule has 0 aliphatic heterocycles. The van der Waals surface area contributed by atoms with E-state index in [1.165, 1.54) is 5.56 Å². The Morgan fingerprint density at radius 3 is 2.45 bits per heavy atom. The maximum absolute atomic E-state index is 6.10. The highest BCUT2D eigenvalue weighted by Crippen LogP contribution is 2.25. The molecule has 0 bridgehead atoms. The Balaban J connectivity index is 2.25. The van der Waals surface area contributed by atoms with E-state index in [4.69, 9.17) is 5.73 Å². The molecule has 5 heteroatoms. The van der Waals surface area contributed by atoms with Crippen molar-refractivity contribution in [3.63, 3.8) is 0 Å². The van der Waals surface area contributed by atoms with Crippen LogP contribution in [0.2, 0.25) is 0 Å². The molecule has 0 fully saturated rings. The minimum Gasteiger partial charge on any atom is -0.369 e. The van der Waals surface area contributed by atoms with Crippen molar-refractivity contribution < 1.29 is 0 Å². The number of rotatable bonds is 3. The van der Waals surface area contributed by atoms with E-state index >= 15 is 0 Å². The lowest BCUT2D eigenvalue weighted by Crippen LogP contribution is -2.06. The van der Waals surface area contributed by atoms with Gasteiger partial charge in [0.1, 0.15) is 5.52 Å². The van der Waals surface area contributed by atoms with Crippen molar-refractivity contribution in [1.29, 1.82) is 0 Å². The molecular formula is C15H19N5. The summed E-state index contributed by atoms with van der Waals surface area (Å²) >= 11 is 0. The summed E-state index contributed by atoms with van der Waals surface area (Å²) in [6.07, 6.45) is 1.03. The van der Waals surface area contributed by atoms with Crippen LogP contribution in [-0.4, -0.2) is 19.3 Å². The van der Waals surface area contributed by atoms with Crippen LogP contribution in [0.4, 0.5) is 5.95 Å². The van der Waals surface area contributed by atoms with Gasteiger partial charge >= 0.3 is 0 Å². The average Bonchev–Trinajstić information content (AvgIpc) is 2.96. The zero-order valence-electron chi connectivity index (χ0n) is 12.1. The molecule has 20 heavy (non-hydrogen) atoms. The van der Waals surface area contributed by atoms with Crippen molar-refractivity contribution in [3.05, 3.63) is 35.5 Å². The highest BCUT2D eigenvalue weighted by atomic mass is 15.4. The Kier molecular flexibility index (Phi) is 2.97. The molecule has 2 N–H and O–H groups in total. The number of hydrogen-bond donors (Lipinski definition) is 1. The van der Waals surface area contributed by atoms with E-state index in [0.717, 1.165) is 35.5 Å². The van der Waals surface area contributed by atoms with Gasteiger partial charge in [-0.3, -0.25) is 4.57 Å². The highest BCUT2D eigenvalue weighted by Gasteiger charge is 2.17. The third-order valence-electron chi connectivity index (χ3n) is 3.64. The Bertz CT molecular complexity index is 749. The van der Waals surface area contributed by atoms with E-state index < -0.39 is 0 Å². The van der Waals surface area contributed by atoms with E-state index in [1.54, 1.807) is 0 Å². The molecule has 0 saturated carbocycles. The molecule has 0 amide bonds. The van der Waals surface area contributed by atoms with Gasteiger partial charge in [-0.2, -0.15) is 5.10 Å². The number of anilines is 1. The SMILES string of the molecule is CCc1ccc(-n2c(N)nc3c(C)nn(CC)c32)cc1. The Hall–Kier alpha value is -2.30. The average molecular weight is 269 g/mol. The lowest BCUT2D eigenvalue weighted by atomic mass is 10.1. The topological polar surface area (TPSA) is 61.7 Å². The molecule has 104 valence electrons. The normalized spacial score (nSPS) is 11.3. The minimum atomic E-state index is 0.506. The fourth-order valence-electron chi connectivity index (χ4n) is 2.54. The second kappa shape index (κ2) is 4.67. The number of hydrogen-bond acceptors (Lipinski definition) is 3. The first-order valence-corrected chi connectivity index (χ1v) is 6.96. The van der Waals surface area contributed by atoms with Crippen LogP contribution in [0.1, 0.15) is 25.1 Å². The van der Waals surface area contributed by atoms with Crippen molar-refractivity contribution in [1.82, 2.24) is 19.3 Å². The van der Waals surface area contributed by atoms with Gasteiger partial charge in [-0.1, -0.05) is 19.1 Å². The van der Waals surface area contributed by atoms with E-state index in [9.17, 15) is 0 Å². The number of nitrogen functional groups attached to an aromatic ring is 1. The Labute approximate surface area is 118 Å². The van der Waals surface area contributed by atoms with Gasteiger partial charge in [0, 0.05) is 6.54 Å². The largest absolute Gasteiger partial charge is 0.369 e. The van der Waals surface area contributed by atoms with Gasteiger partial charge in [0.25, 0.3) is 0 Å². The summed E-state index contributed by atoms with van der Waals surface area (Å²) in [5, 5.41) is 4.51. The van der Waals surface area contributed by atoms with Crippen LogP contribution in [0.5, 0.6) is 0 Å². The highest BCUT2D eigenvalue weighted by molar-refractivity contribution is 5.80. The van der Waals surface area contributed by atoms with Crippen LogP contribution in [0.25, 0.3) is 16.9 Å². The van der Waals surface area contributed by atoms with Crippen molar-refractivity contribution >= 4 is 17.1 Å². The van der Waals surface area contributed by atoms with E-state index in [1.807, 2.05) is 16.2 Å². The molecule has 0 aliphatic carbocycles. The van der Waals surface area contributed by atoms with Crippen LogP contribution in [0.15, 0.2) is 24.3 Å². The Morgan fingerprint density at radius 2 is 1.85 bits per heavy atom. The molecule has 2 aromatic heterocycles. The lowest BCUT2D eigenvalue weighted by molar-refractivity contribution is 0.663. The summed E-state index contributed by atoms with van der Waals surface area (Å²) in [5.74, 6) is 0.506. The first-order valence-electron chi connectivity index (χ1n) is 6.96. The second-order valence-electron chi connectivity index (χ2n) is 4.90. The van der Waals surface area contributed by atoms with E-state index in [2.05, 4.69) is 48.2 Å². The van der Waals surface area contributed by atoms with Gasteiger partial charge in [-0.05, 0) is 38.0 Å². The van der Waals surface area contributed by atoms with Crippen molar-refractivity contribution in [2.75, 3.05) is 5.73 Å². The Morgan fingerprint density at radius 1 is 1.15 bits per heavy atom. The summed E-state index contributed by atoms with van der Waals surface area (Å²) in [5.41, 5.74) is 11.2. The molecule has 0 unspecified atom stereocenters. The summed E-state index contributed by atoms with van der Waals surface area (Å²) in [6.45, 7) is 6.97. The zero-order valence-corrected chi connectivity index (χ0v) is 12.1. The molecule has 3 aromatic rings. The maximum atomic E-state index is 6.10. The number of fused-ring (bicyclic) bond motifs is 1. The molecule has 0 aliphatic rings. The van der Waals surface area contributed by atoms with Crippen LogP contribution >= 0.6 is 0 Å². The third kappa shape index (κ3) is 1.78. The molecule has 0 saturated heterocycles. The molecule has 5 nitrogen and oxygen atoms in total. The first-order chi connectivity index (χ1) is 9.65. The molecule has 0 atom stereocenters. The van der Waals surface area contributed by atoms with Gasteiger partial charge in [0.2, 0.25) is 5.95 Å². The van der Waals surface area contributed by atoms with Gasteiger partial charge < -0.3 is 5.73 Å². The predicted molar refractivity (Wildman–Crippen MR) is 81.1 cm³/mol. The van der Waals surface area contributed by atoms with E-state index in [-0.39, 0.29) is 0 Å². The number of imidazole rings is 1. The monoisotopic (exact) mass is 269 g/mol. The van der Waals surface area contributed by atoms with Crippen molar-refractivity contribution in [2.45, 2.75) is 33.7 Å². The van der Waals surface area contributed by atoms with Gasteiger partial charge in [-0.15, -0.1) is 0 Å². The standard InChI is InChI=1S/C15H19N5/c1-4-11-6-8-12(9-7-11)20-14-13(17-15(20)16)10(3)18-19(14)5-2/h6-9H,4-5H2,1-3H3,(H2,16,17). The van der Waals surface area contributed by atoms with Gasteiger partial charge in [0.05, 0.1) is 11.4 Å². The quantitative estimate of drug-likeness (QED) is 0.795. The number of nitrogens with two attached hydrogens (primary N) is 1. The maximum Gasteiger partial charge on any atom is 0.207 e. The van der Waals surface area contributed by atoms with Crippen LogP contribution in [-0.2, 0) is 13.0 Å². The first kappa shape index (κ1) is 12.7. The summed E-state index contributed by atoms with van der Waals surface area (Å²) < 4.78 is 3.92. The second-order valence-corrected chi connectivity index (χ2v) is 4.90. The molecular weight excluding hydrogens is 250 g/mol. The van der Waals surface area contributed by atoms with Gasteiger partial charge in [0.15, 0.2) is 5.65 Å². The minimum absolute atomic E-state index is 0.506. The molecule has 0 spiro atoms. The smallest absolute Gasteiger partial charge is 0.207 e. The van der Waals surface area contributed by atoms with Crippen molar-refractivity contribution in [2.24, 2.45) is 0 Å². The third-order valence-corrected chi connectivity index (χ3v) is 3.64. The van der Waals surface area contributed by atoms with E-state index in [0.29, 0.717) is 5.95 Å². The van der Waals surface area contributed by atoms with Crippen LogP contribution in [0.3, 0.4) is 0 Å². The number of nitrogens with zero attached hydrogens (tertiary/aromatic N) is 4. The van der Waals surface area contributed by atoms with Crippen molar-refractivity contribution in [3.8, 4) is 5.69 Å². The molecule has 0 radical (unpaired) electrons. The summed E-state index contributed by atoms with van der Waals surface area (Å²) in [7, 11) is 0. The number of aryl methyl sites for hydroxylation is 3.